The molecule has 142 valence electrons. The monoisotopic (exact) mass is 360 g/mol. The zero-order valence-electron chi connectivity index (χ0n) is 16.8. The lowest BCUT2D eigenvalue weighted by Crippen LogP contribution is -2.12. The third-order valence-electron chi connectivity index (χ3n) is 5.63. The summed E-state index contributed by atoms with van der Waals surface area (Å²) in [7, 11) is 0. The predicted molar refractivity (Wildman–Crippen MR) is 114 cm³/mol. The van der Waals surface area contributed by atoms with Crippen LogP contribution in [0.2, 0.25) is 0 Å². The fraction of sp³-hybridized carbons (Fsp3) is 0.462. The Morgan fingerprint density at radius 1 is 0.889 bits per heavy atom. The molecule has 0 N–H and O–H groups in total. The van der Waals surface area contributed by atoms with Gasteiger partial charge in [-0.3, -0.25) is 0 Å². The number of hydrogen-bond acceptors (Lipinski definition) is 1. The molecule has 27 heavy (non-hydrogen) atoms. The number of aryl methyl sites for hydroxylation is 1. The van der Waals surface area contributed by atoms with E-state index in [1.807, 2.05) is 12.1 Å². The Labute approximate surface area is 165 Å². The Morgan fingerprint density at radius 2 is 1.59 bits per heavy atom. The largest absolute Gasteiger partial charge is 0.494 e. The van der Waals surface area contributed by atoms with Gasteiger partial charge in [0.25, 0.3) is 0 Å². The van der Waals surface area contributed by atoms with Crippen LogP contribution in [-0.4, -0.2) is 6.61 Å². The van der Waals surface area contributed by atoms with Gasteiger partial charge in [0.15, 0.2) is 0 Å². The normalized spacial score (nSPS) is 19.2. The minimum Gasteiger partial charge on any atom is -0.494 e. The van der Waals surface area contributed by atoms with E-state index >= 15 is 0 Å². The summed E-state index contributed by atoms with van der Waals surface area (Å²) in [5, 5.41) is 0. The predicted octanol–water partition coefficient (Wildman–Crippen LogP) is 6.75. The zero-order valence-corrected chi connectivity index (χ0v) is 16.8. The average molecular weight is 361 g/mol. The lowest BCUT2D eigenvalue weighted by Gasteiger charge is -2.26. The van der Waals surface area contributed by atoms with Crippen LogP contribution in [0.3, 0.4) is 0 Å². The van der Waals surface area contributed by atoms with Gasteiger partial charge >= 0.3 is 0 Å². The summed E-state index contributed by atoms with van der Waals surface area (Å²) in [4.78, 5) is 0. The fourth-order valence-corrected chi connectivity index (χ4v) is 3.75. The van der Waals surface area contributed by atoms with Gasteiger partial charge in [-0.25, -0.2) is 0 Å². The Bertz CT molecular complexity index is 738. The molecule has 0 unspecified atom stereocenters. The molecule has 0 amide bonds. The number of ether oxygens (including phenoxy) is 1. The number of benzene rings is 2. The van der Waals surface area contributed by atoms with Gasteiger partial charge in [0, 0.05) is 11.5 Å². The molecule has 0 saturated heterocycles. The van der Waals surface area contributed by atoms with Crippen molar-refractivity contribution >= 4 is 0 Å². The Kier molecular flexibility index (Phi) is 7.40. The minimum absolute atomic E-state index is 0.539. The second kappa shape index (κ2) is 10.2. The van der Waals surface area contributed by atoms with E-state index in [4.69, 9.17) is 4.74 Å². The summed E-state index contributed by atoms with van der Waals surface area (Å²) in [5.41, 5.74) is 4.03. The van der Waals surface area contributed by atoms with Crippen LogP contribution in [0.15, 0.2) is 48.5 Å². The average Bonchev–Trinajstić information content (AvgIpc) is 2.74. The van der Waals surface area contributed by atoms with Crippen LogP contribution < -0.4 is 4.74 Å². The van der Waals surface area contributed by atoms with Crippen molar-refractivity contribution in [3.05, 3.63) is 65.2 Å². The summed E-state index contributed by atoms with van der Waals surface area (Å²) in [6.45, 7) is 5.19. The molecule has 0 spiro atoms. The molecule has 0 radical (unpaired) electrons. The van der Waals surface area contributed by atoms with E-state index in [0.29, 0.717) is 11.8 Å². The maximum atomic E-state index is 5.72. The molecule has 2 aromatic carbocycles. The van der Waals surface area contributed by atoms with E-state index in [-0.39, 0.29) is 0 Å². The highest BCUT2D eigenvalue weighted by Gasteiger charge is 2.21. The van der Waals surface area contributed by atoms with E-state index in [2.05, 4.69) is 62.1 Å². The molecule has 3 rings (SSSR count). The van der Waals surface area contributed by atoms with Crippen molar-refractivity contribution < 1.29 is 4.74 Å². The molecule has 0 atom stereocenters. The molecular weight excluding hydrogens is 328 g/mol. The van der Waals surface area contributed by atoms with Crippen molar-refractivity contribution in [3.8, 4) is 17.6 Å². The molecule has 1 heteroatoms. The van der Waals surface area contributed by atoms with Crippen molar-refractivity contribution in [3.63, 3.8) is 0 Å². The minimum atomic E-state index is 0.539. The van der Waals surface area contributed by atoms with Crippen LogP contribution in [0.4, 0.5) is 0 Å². The second-order valence-corrected chi connectivity index (χ2v) is 7.64. The van der Waals surface area contributed by atoms with E-state index in [9.17, 15) is 0 Å². The lowest BCUT2D eigenvalue weighted by atomic mass is 9.79. The first kappa shape index (κ1) is 19.6. The molecule has 1 nitrogen and oxygen atoms in total. The van der Waals surface area contributed by atoms with Crippen LogP contribution in [0.1, 0.15) is 75.0 Å². The van der Waals surface area contributed by atoms with E-state index < -0.39 is 0 Å². The molecule has 1 aliphatic rings. The van der Waals surface area contributed by atoms with E-state index in [1.54, 1.807) is 0 Å². The quantitative estimate of drug-likeness (QED) is 0.409. The van der Waals surface area contributed by atoms with E-state index in [1.165, 1.54) is 36.8 Å². The van der Waals surface area contributed by atoms with Gasteiger partial charge in [-0.05, 0) is 79.8 Å². The summed E-state index contributed by atoms with van der Waals surface area (Å²) < 4.78 is 5.72. The van der Waals surface area contributed by atoms with Crippen LogP contribution in [0.5, 0.6) is 5.75 Å². The van der Waals surface area contributed by atoms with Crippen molar-refractivity contribution in [1.29, 1.82) is 0 Å². The molecule has 2 aromatic rings. The van der Waals surface area contributed by atoms with Crippen LogP contribution in [0, 0.1) is 17.8 Å². The van der Waals surface area contributed by atoms with Gasteiger partial charge < -0.3 is 4.74 Å². The Balaban J connectivity index is 1.49. The van der Waals surface area contributed by atoms with Crippen molar-refractivity contribution in [2.75, 3.05) is 6.61 Å². The van der Waals surface area contributed by atoms with Crippen molar-refractivity contribution in [2.45, 2.75) is 64.7 Å². The topological polar surface area (TPSA) is 9.23 Å². The Morgan fingerprint density at radius 3 is 2.22 bits per heavy atom. The van der Waals surface area contributed by atoms with Gasteiger partial charge in [-0.15, -0.1) is 0 Å². The van der Waals surface area contributed by atoms with E-state index in [0.717, 1.165) is 37.2 Å². The molecule has 0 heterocycles. The van der Waals surface area contributed by atoms with Gasteiger partial charge in [0.1, 0.15) is 5.75 Å². The van der Waals surface area contributed by atoms with Gasteiger partial charge in [-0.1, -0.05) is 56.4 Å². The smallest absolute Gasteiger partial charge is 0.119 e. The first-order valence-corrected chi connectivity index (χ1v) is 10.6. The lowest BCUT2D eigenvalue weighted by molar-refractivity contribution is 0.309. The van der Waals surface area contributed by atoms with Gasteiger partial charge in [0.05, 0.1) is 6.61 Å². The highest BCUT2D eigenvalue weighted by Crippen LogP contribution is 2.35. The first-order chi connectivity index (χ1) is 13.3. The molecule has 1 fully saturated rings. The maximum absolute atomic E-state index is 5.72. The zero-order chi connectivity index (χ0) is 18.9. The summed E-state index contributed by atoms with van der Waals surface area (Å²) in [5.74, 6) is 9.08. The molecule has 0 bridgehead atoms. The van der Waals surface area contributed by atoms with Crippen LogP contribution in [0.25, 0.3) is 0 Å². The molecule has 1 aliphatic carbocycles. The molecule has 0 aromatic heterocycles. The summed E-state index contributed by atoms with van der Waals surface area (Å²) in [6.07, 6.45) is 8.33. The SMILES string of the molecule is CCCCOc1ccc(C#C[C@H]2CC[C@H](c3ccc(CC)cc3)CC2)cc1. The van der Waals surface area contributed by atoms with Crippen molar-refractivity contribution in [2.24, 2.45) is 5.92 Å². The third-order valence-corrected chi connectivity index (χ3v) is 5.63. The molecular formula is C26H32O. The third kappa shape index (κ3) is 5.90. The van der Waals surface area contributed by atoms with Crippen LogP contribution in [-0.2, 0) is 6.42 Å². The molecule has 1 saturated carbocycles. The van der Waals surface area contributed by atoms with Gasteiger partial charge in [0.2, 0.25) is 0 Å². The first-order valence-electron chi connectivity index (χ1n) is 10.6. The maximum Gasteiger partial charge on any atom is 0.119 e. The van der Waals surface area contributed by atoms with Crippen molar-refractivity contribution in [1.82, 2.24) is 0 Å². The van der Waals surface area contributed by atoms with Crippen LogP contribution >= 0.6 is 0 Å². The highest BCUT2D eigenvalue weighted by atomic mass is 16.5. The summed E-state index contributed by atoms with van der Waals surface area (Å²) in [6, 6.07) is 17.5. The Hall–Kier alpha value is -2.20. The highest BCUT2D eigenvalue weighted by molar-refractivity contribution is 5.38. The number of hydrogen-bond donors (Lipinski definition) is 0. The van der Waals surface area contributed by atoms with Gasteiger partial charge in [-0.2, -0.15) is 0 Å². The summed E-state index contributed by atoms with van der Waals surface area (Å²) >= 11 is 0. The molecule has 0 aliphatic heterocycles. The number of unbranched alkanes of at least 4 members (excludes halogenated alkanes) is 1. The fourth-order valence-electron chi connectivity index (χ4n) is 3.75. The standard InChI is InChI=1S/C26H32O/c1-3-5-20-27-26-18-12-23(13-19-26)7-6-22-10-16-25(17-11-22)24-14-8-21(4-2)9-15-24/h8-9,12-15,18-19,22,25H,3-5,10-11,16-17,20H2,1-2H3/t22-,25-. The second-order valence-electron chi connectivity index (χ2n) is 7.64. The number of rotatable bonds is 6.